The van der Waals surface area contributed by atoms with Crippen LogP contribution >= 0.6 is 11.6 Å². The van der Waals surface area contributed by atoms with Crippen molar-refractivity contribution in [3.63, 3.8) is 0 Å². The van der Waals surface area contributed by atoms with Crippen molar-refractivity contribution >= 4 is 39.1 Å². The topological polar surface area (TPSA) is 186 Å². The van der Waals surface area contributed by atoms with E-state index in [1.165, 1.54) is 47.6 Å². The van der Waals surface area contributed by atoms with E-state index >= 15 is 0 Å². The number of aliphatic hydroxyl groups excluding tert-OH is 2. The molecule has 49 heavy (non-hydrogen) atoms. The molecule has 3 N–H and O–H groups in total. The van der Waals surface area contributed by atoms with Crippen molar-refractivity contribution in [2.45, 2.75) is 43.8 Å². The van der Waals surface area contributed by atoms with Gasteiger partial charge in [0.1, 0.15) is 12.7 Å². The summed E-state index contributed by atoms with van der Waals surface area (Å²) < 4.78 is 78.7. The van der Waals surface area contributed by atoms with Gasteiger partial charge in [0, 0.05) is 36.3 Å². The van der Waals surface area contributed by atoms with Gasteiger partial charge in [0.15, 0.2) is 27.6 Å². The van der Waals surface area contributed by atoms with Gasteiger partial charge in [-0.15, -0.1) is 5.10 Å². The highest BCUT2D eigenvalue weighted by Gasteiger charge is 2.44. The normalized spacial score (nSPS) is 22.6. The summed E-state index contributed by atoms with van der Waals surface area (Å²) >= 11 is 5.96. The van der Waals surface area contributed by atoms with E-state index in [2.05, 4.69) is 25.5 Å². The number of carbonyl (C=O) groups is 2. The van der Waals surface area contributed by atoms with Crippen molar-refractivity contribution in [2.24, 2.45) is 5.10 Å². The Hall–Kier alpha value is -4.40. The number of aliphatic hydroxyl groups is 2. The molecule has 3 aliphatic rings. The second kappa shape index (κ2) is 13.1. The molecule has 1 aliphatic carbocycles. The van der Waals surface area contributed by atoms with E-state index in [1.807, 2.05) is 0 Å². The van der Waals surface area contributed by atoms with Gasteiger partial charge in [-0.3, -0.25) is 14.6 Å². The van der Waals surface area contributed by atoms with Gasteiger partial charge >= 0.3 is 6.18 Å². The number of nitrogens with zero attached hydrogens (tertiary/aromatic N) is 8. The second-order valence-corrected chi connectivity index (χ2v) is 14.3. The zero-order valence-corrected chi connectivity index (χ0v) is 26.8. The minimum Gasteiger partial charge on any atom is -0.382 e. The lowest BCUT2D eigenvalue weighted by Crippen LogP contribution is -2.49. The number of aromatic nitrogens is 4. The minimum atomic E-state index is -5.01. The van der Waals surface area contributed by atoms with E-state index in [0.717, 1.165) is 14.6 Å². The van der Waals surface area contributed by atoms with Crippen LogP contribution in [0.25, 0.3) is 5.69 Å². The lowest BCUT2D eigenvalue weighted by Gasteiger charge is -2.29. The van der Waals surface area contributed by atoms with Crippen LogP contribution in [-0.2, 0) is 16.4 Å². The number of hydrogen-bond donors (Lipinski definition) is 3. The fraction of sp³-hybridized carbons (Fsp3) is 0.429. The van der Waals surface area contributed by atoms with E-state index in [4.69, 9.17) is 11.6 Å². The van der Waals surface area contributed by atoms with Gasteiger partial charge in [-0.25, -0.2) is 27.5 Å². The lowest BCUT2D eigenvalue weighted by molar-refractivity contribution is -0.212. The smallest absolute Gasteiger partial charge is 0.382 e. The molecular weight excluding hydrogens is 702 g/mol. The van der Waals surface area contributed by atoms with Crippen molar-refractivity contribution in [3.8, 4) is 5.69 Å². The molecule has 3 aromatic rings. The first-order valence-corrected chi connectivity index (χ1v) is 17.0. The number of benzene rings is 1. The number of β-amino-alcohol motifs (C(OH)–C–C–N with tert-alkyl or cyclic N) is 1. The molecule has 15 nitrogen and oxygen atoms in total. The molecular formula is C28H28ClF4N9O6S. The summed E-state index contributed by atoms with van der Waals surface area (Å²) in [6, 6.07) is 6.44. The van der Waals surface area contributed by atoms with Crippen LogP contribution in [0.1, 0.15) is 38.8 Å². The van der Waals surface area contributed by atoms with E-state index in [9.17, 15) is 45.8 Å². The monoisotopic (exact) mass is 729 g/mol. The molecule has 2 fully saturated rings. The number of amides is 2. The number of halogens is 5. The van der Waals surface area contributed by atoms with Crippen molar-refractivity contribution in [3.05, 3.63) is 70.5 Å². The van der Waals surface area contributed by atoms with Crippen LogP contribution in [0.3, 0.4) is 0 Å². The van der Waals surface area contributed by atoms with Gasteiger partial charge in [-0.2, -0.15) is 18.3 Å². The van der Waals surface area contributed by atoms with Crippen molar-refractivity contribution in [1.29, 1.82) is 0 Å². The Morgan fingerprint density at radius 3 is 2.43 bits per heavy atom. The summed E-state index contributed by atoms with van der Waals surface area (Å²) in [6.45, 7) is -1.90. The first-order valence-electron chi connectivity index (χ1n) is 14.8. The Balaban J connectivity index is 1.36. The highest BCUT2D eigenvalue weighted by atomic mass is 35.5. The molecule has 0 radical (unpaired) electrons. The lowest BCUT2D eigenvalue weighted by atomic mass is 10.2. The Morgan fingerprint density at radius 2 is 1.80 bits per heavy atom. The van der Waals surface area contributed by atoms with Gasteiger partial charge in [-0.1, -0.05) is 11.6 Å². The minimum absolute atomic E-state index is 0.0370. The number of rotatable bonds is 9. The van der Waals surface area contributed by atoms with Crippen LogP contribution in [0.2, 0.25) is 5.02 Å². The standard InChI is InChI=1S/C28H28ClF4N9O6S/c29-16-3-1-15(2-4-16)23-38-41(27(46)40(23)13-21(43)28(31,32)33)14-22-36-24(26(45)39-7-9-49(47,48)10-8-39)42(37-22)20-12-34-6-5-17(20)25(44)35-19-11-18(19)30/h1-6,12,18-19,21,27,43,46H,7-11,13-14H2,(H,35,44)/t18-,19+,21-,27?/m0/s1. The van der Waals surface area contributed by atoms with Crippen LogP contribution in [0.4, 0.5) is 17.6 Å². The third-order valence-corrected chi connectivity index (χ3v) is 9.83. The fourth-order valence-electron chi connectivity index (χ4n) is 5.15. The average Bonchev–Trinajstić information content (AvgIpc) is 3.44. The predicted octanol–water partition coefficient (Wildman–Crippen LogP) is 0.705. The molecule has 1 saturated heterocycles. The van der Waals surface area contributed by atoms with E-state index in [1.54, 1.807) is 0 Å². The third-order valence-electron chi connectivity index (χ3n) is 7.97. The molecule has 1 aromatic carbocycles. The maximum atomic E-state index is 13.8. The maximum Gasteiger partial charge on any atom is 0.416 e. The number of pyridine rings is 1. The molecule has 1 unspecified atom stereocenters. The molecule has 2 aliphatic heterocycles. The summed E-state index contributed by atoms with van der Waals surface area (Å²) in [5.74, 6) is -2.74. The summed E-state index contributed by atoms with van der Waals surface area (Å²) in [6.07, 6.45) is -8.30. The van der Waals surface area contributed by atoms with Gasteiger partial charge in [-0.05, 0) is 30.3 Å². The van der Waals surface area contributed by atoms with Gasteiger partial charge in [0.2, 0.25) is 12.2 Å². The molecule has 0 spiro atoms. The van der Waals surface area contributed by atoms with Crippen LogP contribution < -0.4 is 5.32 Å². The first-order chi connectivity index (χ1) is 23.1. The van der Waals surface area contributed by atoms with Crippen LogP contribution in [0.15, 0.2) is 47.8 Å². The Morgan fingerprint density at radius 1 is 1.12 bits per heavy atom. The van der Waals surface area contributed by atoms with Crippen molar-refractivity contribution < 1.29 is 45.8 Å². The maximum absolute atomic E-state index is 13.8. The number of alkyl halides is 4. The molecule has 4 heterocycles. The Kier molecular flexibility index (Phi) is 9.24. The predicted molar refractivity (Wildman–Crippen MR) is 163 cm³/mol. The SMILES string of the molecule is O=C(N[C@@H]1C[C@@H]1F)c1ccncc1-n1nc(CN2N=C(c3ccc(Cl)cc3)N(C[C@H](O)C(F)(F)F)C2O)nc1C(=O)N1CCS(=O)(=O)CC1. The van der Waals surface area contributed by atoms with E-state index in [0.29, 0.717) is 5.02 Å². The fourth-order valence-corrected chi connectivity index (χ4v) is 6.47. The summed E-state index contributed by atoms with van der Waals surface area (Å²) in [5.41, 5.74) is 0.175. The molecule has 0 bridgehead atoms. The van der Waals surface area contributed by atoms with E-state index in [-0.39, 0.29) is 65.3 Å². The molecule has 2 aromatic heterocycles. The molecule has 21 heteroatoms. The van der Waals surface area contributed by atoms with Crippen LogP contribution in [0.5, 0.6) is 0 Å². The van der Waals surface area contributed by atoms with Crippen molar-refractivity contribution in [1.82, 2.24) is 39.9 Å². The summed E-state index contributed by atoms with van der Waals surface area (Å²) in [4.78, 5) is 37.3. The summed E-state index contributed by atoms with van der Waals surface area (Å²) in [5, 5.41) is 33.4. The van der Waals surface area contributed by atoms with E-state index < -0.39 is 65.6 Å². The van der Waals surface area contributed by atoms with Crippen LogP contribution in [-0.4, -0.2) is 133 Å². The highest BCUT2D eigenvalue weighted by Crippen LogP contribution is 2.28. The number of carbonyl (C=O) groups excluding carboxylic acids is 2. The number of amidine groups is 1. The average molecular weight is 730 g/mol. The largest absolute Gasteiger partial charge is 0.416 e. The highest BCUT2D eigenvalue weighted by molar-refractivity contribution is 7.91. The summed E-state index contributed by atoms with van der Waals surface area (Å²) in [7, 11) is -3.37. The quantitative estimate of drug-likeness (QED) is 0.264. The number of sulfone groups is 1. The second-order valence-electron chi connectivity index (χ2n) is 11.5. The van der Waals surface area contributed by atoms with Crippen molar-refractivity contribution in [2.75, 3.05) is 31.1 Å². The van der Waals surface area contributed by atoms with Gasteiger partial charge in [0.05, 0.1) is 41.5 Å². The van der Waals surface area contributed by atoms with Crippen LogP contribution in [0, 0.1) is 0 Å². The Bertz CT molecular complexity index is 1880. The molecule has 2 amide bonds. The number of hydrogen-bond acceptors (Lipinski definition) is 12. The van der Waals surface area contributed by atoms with Gasteiger partial charge in [0.25, 0.3) is 11.8 Å². The Labute approximate surface area is 280 Å². The van der Waals surface area contributed by atoms with Gasteiger partial charge < -0.3 is 25.3 Å². The molecule has 262 valence electrons. The molecule has 4 atom stereocenters. The number of nitrogens with one attached hydrogen (secondary N) is 1. The zero-order chi connectivity index (χ0) is 35.2. The number of hydrazone groups is 1. The molecule has 1 saturated carbocycles. The zero-order valence-electron chi connectivity index (χ0n) is 25.2. The third kappa shape index (κ3) is 7.46. The first kappa shape index (κ1) is 34.5. The molecule has 6 rings (SSSR count).